The molecular weight excluding hydrogens is 261 g/mol. The van der Waals surface area contributed by atoms with Crippen LogP contribution >= 0.6 is 22.9 Å². The molecule has 1 aromatic carbocycles. The van der Waals surface area contributed by atoms with Gasteiger partial charge in [0.05, 0.1) is 10.7 Å². The van der Waals surface area contributed by atoms with Gasteiger partial charge in [-0.25, -0.2) is 9.37 Å². The lowest BCUT2D eigenvalue weighted by molar-refractivity contribution is 0.101. The van der Waals surface area contributed by atoms with E-state index in [1.54, 1.807) is 6.07 Å². The number of aryl methyl sites for hydroxylation is 1. The fraction of sp³-hybridized carbons (Fsp3) is 0.167. The average molecular weight is 270 g/mol. The highest BCUT2D eigenvalue weighted by atomic mass is 35.5. The SMILES string of the molecule is CC(=O)c1nc(-c2ccc(F)c(Cl)c2)c(C)s1. The zero-order chi connectivity index (χ0) is 12.6. The van der Waals surface area contributed by atoms with Crippen LogP contribution < -0.4 is 0 Å². The van der Waals surface area contributed by atoms with E-state index in [9.17, 15) is 9.18 Å². The third kappa shape index (κ3) is 2.37. The number of hydrogen-bond donors (Lipinski definition) is 0. The van der Waals surface area contributed by atoms with Crippen molar-refractivity contribution < 1.29 is 9.18 Å². The highest BCUT2D eigenvalue weighted by Crippen LogP contribution is 2.30. The Kier molecular flexibility index (Phi) is 3.26. The molecule has 0 aliphatic rings. The van der Waals surface area contributed by atoms with Gasteiger partial charge < -0.3 is 0 Å². The normalized spacial score (nSPS) is 10.6. The number of carbonyl (C=O) groups excluding carboxylic acids is 1. The molecule has 0 saturated carbocycles. The monoisotopic (exact) mass is 269 g/mol. The number of carbonyl (C=O) groups is 1. The van der Waals surface area contributed by atoms with Crippen LogP contribution in [0.25, 0.3) is 11.3 Å². The number of aromatic nitrogens is 1. The van der Waals surface area contributed by atoms with Crippen molar-refractivity contribution in [3.05, 3.63) is 38.9 Å². The smallest absolute Gasteiger partial charge is 0.188 e. The van der Waals surface area contributed by atoms with E-state index in [2.05, 4.69) is 4.98 Å². The molecule has 0 bridgehead atoms. The molecule has 0 fully saturated rings. The maximum atomic E-state index is 13.0. The molecule has 0 radical (unpaired) electrons. The van der Waals surface area contributed by atoms with Gasteiger partial charge in [0.2, 0.25) is 0 Å². The molecule has 0 N–H and O–H groups in total. The van der Waals surface area contributed by atoms with Crippen molar-refractivity contribution >= 4 is 28.7 Å². The van der Waals surface area contributed by atoms with Gasteiger partial charge in [-0.05, 0) is 25.1 Å². The van der Waals surface area contributed by atoms with Gasteiger partial charge in [0.1, 0.15) is 5.82 Å². The van der Waals surface area contributed by atoms with Crippen LogP contribution in [0, 0.1) is 12.7 Å². The average Bonchev–Trinajstić information content (AvgIpc) is 2.65. The van der Waals surface area contributed by atoms with E-state index in [0.717, 1.165) is 10.4 Å². The van der Waals surface area contributed by atoms with Crippen LogP contribution in [0.2, 0.25) is 5.02 Å². The molecule has 1 heterocycles. The minimum Gasteiger partial charge on any atom is -0.292 e. The molecule has 17 heavy (non-hydrogen) atoms. The van der Waals surface area contributed by atoms with Crippen LogP contribution in [0.1, 0.15) is 21.6 Å². The van der Waals surface area contributed by atoms with Gasteiger partial charge >= 0.3 is 0 Å². The summed E-state index contributed by atoms with van der Waals surface area (Å²) in [4.78, 5) is 16.4. The zero-order valence-corrected chi connectivity index (χ0v) is 10.8. The minimum atomic E-state index is -0.463. The van der Waals surface area contributed by atoms with Crippen molar-refractivity contribution in [1.29, 1.82) is 0 Å². The Hall–Kier alpha value is -1.26. The van der Waals surface area contributed by atoms with E-state index in [1.165, 1.54) is 30.4 Å². The molecule has 2 rings (SSSR count). The highest BCUT2D eigenvalue weighted by molar-refractivity contribution is 7.14. The molecule has 0 atom stereocenters. The van der Waals surface area contributed by atoms with Gasteiger partial charge in [-0.1, -0.05) is 11.6 Å². The summed E-state index contributed by atoms with van der Waals surface area (Å²) in [5, 5.41) is 0.511. The van der Waals surface area contributed by atoms with E-state index in [-0.39, 0.29) is 10.8 Å². The minimum absolute atomic E-state index is 0.0549. The lowest BCUT2D eigenvalue weighted by atomic mass is 10.1. The molecule has 0 amide bonds. The molecule has 0 aliphatic carbocycles. The summed E-state index contributed by atoms with van der Waals surface area (Å²) in [6.45, 7) is 3.34. The quantitative estimate of drug-likeness (QED) is 0.768. The number of halogens is 2. The molecule has 0 spiro atoms. The van der Waals surface area contributed by atoms with Gasteiger partial charge in [-0.3, -0.25) is 4.79 Å². The standard InChI is InChI=1S/C12H9ClFNOS/c1-6(16)12-15-11(7(2)17-12)8-3-4-10(14)9(13)5-8/h3-5H,1-2H3. The van der Waals surface area contributed by atoms with Crippen molar-refractivity contribution in [2.45, 2.75) is 13.8 Å². The Morgan fingerprint density at radius 3 is 2.71 bits per heavy atom. The van der Waals surface area contributed by atoms with Crippen molar-refractivity contribution in [3.8, 4) is 11.3 Å². The van der Waals surface area contributed by atoms with Crippen molar-refractivity contribution in [1.82, 2.24) is 4.98 Å². The lowest BCUT2D eigenvalue weighted by Gasteiger charge is -2.00. The maximum absolute atomic E-state index is 13.0. The summed E-state index contributed by atoms with van der Waals surface area (Å²) >= 11 is 7.05. The first-order chi connectivity index (χ1) is 7.99. The number of Topliss-reactive ketones (excluding diaryl/α,β-unsaturated/α-hetero) is 1. The van der Waals surface area contributed by atoms with Gasteiger partial charge in [-0.15, -0.1) is 11.3 Å². The van der Waals surface area contributed by atoms with Crippen molar-refractivity contribution in [2.75, 3.05) is 0 Å². The second-order valence-corrected chi connectivity index (χ2v) is 5.22. The molecule has 88 valence electrons. The molecule has 0 aliphatic heterocycles. The van der Waals surface area contributed by atoms with Crippen LogP contribution in [-0.4, -0.2) is 10.8 Å². The van der Waals surface area contributed by atoms with E-state index >= 15 is 0 Å². The Morgan fingerprint density at radius 1 is 1.47 bits per heavy atom. The Morgan fingerprint density at radius 2 is 2.18 bits per heavy atom. The molecule has 5 heteroatoms. The zero-order valence-electron chi connectivity index (χ0n) is 9.25. The van der Waals surface area contributed by atoms with Crippen LogP contribution in [-0.2, 0) is 0 Å². The Balaban J connectivity index is 2.52. The molecule has 2 aromatic rings. The van der Waals surface area contributed by atoms with Crippen LogP contribution in [0.5, 0.6) is 0 Å². The molecule has 0 unspecified atom stereocenters. The van der Waals surface area contributed by atoms with Crippen molar-refractivity contribution in [3.63, 3.8) is 0 Å². The number of hydrogen-bond acceptors (Lipinski definition) is 3. The number of thiazole rings is 1. The van der Waals surface area contributed by atoms with Crippen LogP contribution in [0.3, 0.4) is 0 Å². The topological polar surface area (TPSA) is 30.0 Å². The first-order valence-electron chi connectivity index (χ1n) is 4.93. The molecular formula is C12H9ClFNOS. The molecule has 0 saturated heterocycles. The van der Waals surface area contributed by atoms with Crippen LogP contribution in [0.15, 0.2) is 18.2 Å². The van der Waals surface area contributed by atoms with E-state index < -0.39 is 5.82 Å². The van der Waals surface area contributed by atoms with Gasteiger partial charge in [-0.2, -0.15) is 0 Å². The summed E-state index contributed by atoms with van der Waals surface area (Å²) in [6.07, 6.45) is 0. The van der Waals surface area contributed by atoms with E-state index in [1.807, 2.05) is 6.92 Å². The second kappa shape index (κ2) is 4.55. The van der Waals surface area contributed by atoms with Gasteiger partial charge in [0.25, 0.3) is 0 Å². The first-order valence-corrected chi connectivity index (χ1v) is 6.12. The van der Waals surface area contributed by atoms with E-state index in [4.69, 9.17) is 11.6 Å². The predicted octanol–water partition coefficient (Wildman–Crippen LogP) is 4.11. The van der Waals surface area contributed by atoms with E-state index in [0.29, 0.717) is 10.7 Å². The molecule has 2 nitrogen and oxygen atoms in total. The van der Waals surface area contributed by atoms with Gasteiger partial charge in [0, 0.05) is 17.4 Å². The van der Waals surface area contributed by atoms with Gasteiger partial charge in [0.15, 0.2) is 10.8 Å². The van der Waals surface area contributed by atoms with Crippen molar-refractivity contribution in [2.24, 2.45) is 0 Å². The Labute approximate surface area is 107 Å². The number of nitrogens with zero attached hydrogens (tertiary/aromatic N) is 1. The number of benzene rings is 1. The maximum Gasteiger partial charge on any atom is 0.188 e. The summed E-state index contributed by atoms with van der Waals surface area (Å²) in [5.41, 5.74) is 1.40. The largest absolute Gasteiger partial charge is 0.292 e. The Bertz CT molecular complexity index is 594. The fourth-order valence-corrected chi connectivity index (χ4v) is 2.47. The molecule has 1 aromatic heterocycles. The third-order valence-corrected chi connectivity index (χ3v) is 3.65. The van der Waals surface area contributed by atoms with Crippen LogP contribution in [0.4, 0.5) is 4.39 Å². The summed E-state index contributed by atoms with van der Waals surface area (Å²) in [5.74, 6) is -0.535. The fourth-order valence-electron chi connectivity index (χ4n) is 1.46. The highest BCUT2D eigenvalue weighted by Gasteiger charge is 2.13. The lowest BCUT2D eigenvalue weighted by Crippen LogP contribution is -1.90. The third-order valence-electron chi connectivity index (χ3n) is 2.29. The summed E-state index contributed by atoms with van der Waals surface area (Å²) in [6, 6.07) is 4.42. The summed E-state index contributed by atoms with van der Waals surface area (Å²) in [7, 11) is 0. The summed E-state index contributed by atoms with van der Waals surface area (Å²) < 4.78 is 13.0. The second-order valence-electron chi connectivity index (χ2n) is 3.61. The number of rotatable bonds is 2. The number of ketones is 1. The predicted molar refractivity (Wildman–Crippen MR) is 67.3 cm³/mol. The first kappa shape index (κ1) is 12.2.